The summed E-state index contributed by atoms with van der Waals surface area (Å²) in [6.07, 6.45) is 1.38. The average Bonchev–Trinajstić information content (AvgIpc) is 2.28. The van der Waals surface area contributed by atoms with Crippen LogP contribution in [0.2, 0.25) is 5.02 Å². The van der Waals surface area contributed by atoms with Crippen LogP contribution >= 0.6 is 11.6 Å². The number of hydrogen-bond acceptors (Lipinski definition) is 2. The predicted molar refractivity (Wildman–Crippen MR) is 66.3 cm³/mol. The van der Waals surface area contributed by atoms with E-state index in [2.05, 4.69) is 6.92 Å². The lowest BCUT2D eigenvalue weighted by Gasteiger charge is -2.41. The minimum atomic E-state index is -1.02. The lowest BCUT2D eigenvalue weighted by Crippen LogP contribution is -2.52. The van der Waals surface area contributed by atoms with Gasteiger partial charge in [-0.2, -0.15) is 0 Å². The number of aliphatic hydroxyl groups excluding tert-OH is 1. The highest BCUT2D eigenvalue weighted by molar-refractivity contribution is 6.30. The second-order valence-electron chi connectivity index (χ2n) is 5.04. The molecule has 0 saturated heterocycles. The maximum atomic E-state index is 14.0. The van der Waals surface area contributed by atoms with Gasteiger partial charge in [-0.15, -0.1) is 0 Å². The number of nitrogens with two attached hydrogens (primary N) is 1. The number of hydrogen-bond donors (Lipinski definition) is 2. The third kappa shape index (κ3) is 2.19. The molecule has 3 unspecified atom stereocenters. The molecular formula is C13H17ClFNO. The van der Waals surface area contributed by atoms with Crippen LogP contribution in [0, 0.1) is 11.7 Å². The first-order valence-electron chi connectivity index (χ1n) is 5.86. The lowest BCUT2D eigenvalue weighted by atomic mass is 9.71. The summed E-state index contributed by atoms with van der Waals surface area (Å²) in [5.74, 6) is -0.133. The summed E-state index contributed by atoms with van der Waals surface area (Å²) in [4.78, 5) is 0. The highest BCUT2D eigenvalue weighted by Gasteiger charge is 2.42. The van der Waals surface area contributed by atoms with Crippen molar-refractivity contribution in [1.29, 1.82) is 0 Å². The van der Waals surface area contributed by atoms with E-state index in [0.717, 1.165) is 6.42 Å². The Morgan fingerprint density at radius 1 is 1.47 bits per heavy atom. The molecule has 1 aromatic carbocycles. The number of halogens is 2. The van der Waals surface area contributed by atoms with E-state index < -0.39 is 17.5 Å². The van der Waals surface area contributed by atoms with Crippen molar-refractivity contribution in [1.82, 2.24) is 0 Å². The van der Waals surface area contributed by atoms with Crippen molar-refractivity contribution in [3.05, 3.63) is 34.6 Å². The monoisotopic (exact) mass is 257 g/mol. The summed E-state index contributed by atoms with van der Waals surface area (Å²) in [5.41, 5.74) is 5.54. The van der Waals surface area contributed by atoms with Crippen LogP contribution in [0.15, 0.2) is 18.2 Å². The molecule has 3 atom stereocenters. The first-order valence-corrected chi connectivity index (χ1v) is 6.24. The molecule has 94 valence electrons. The molecule has 2 rings (SSSR count). The van der Waals surface area contributed by atoms with Crippen LogP contribution in [-0.2, 0) is 5.54 Å². The van der Waals surface area contributed by atoms with Crippen LogP contribution in [0.4, 0.5) is 4.39 Å². The molecular weight excluding hydrogens is 241 g/mol. The third-order valence-electron chi connectivity index (χ3n) is 3.67. The SMILES string of the molecule is CC1CCC(O)C(N)(c2cccc(Cl)c2F)C1. The topological polar surface area (TPSA) is 46.2 Å². The van der Waals surface area contributed by atoms with Gasteiger partial charge in [0.25, 0.3) is 0 Å². The minimum Gasteiger partial charge on any atom is -0.391 e. The Hall–Kier alpha value is -0.640. The normalized spacial score (nSPS) is 33.7. The highest BCUT2D eigenvalue weighted by Crippen LogP contribution is 2.40. The fraction of sp³-hybridized carbons (Fsp3) is 0.538. The van der Waals surface area contributed by atoms with Gasteiger partial charge < -0.3 is 10.8 Å². The van der Waals surface area contributed by atoms with Gasteiger partial charge in [-0.25, -0.2) is 4.39 Å². The van der Waals surface area contributed by atoms with E-state index in [-0.39, 0.29) is 5.02 Å². The Labute approximate surface area is 106 Å². The largest absolute Gasteiger partial charge is 0.391 e. The molecule has 0 bridgehead atoms. The van der Waals surface area contributed by atoms with E-state index in [0.29, 0.717) is 24.3 Å². The molecule has 1 aromatic rings. The van der Waals surface area contributed by atoms with Crippen molar-refractivity contribution in [3.8, 4) is 0 Å². The number of benzene rings is 1. The van der Waals surface area contributed by atoms with Gasteiger partial charge in [0.15, 0.2) is 0 Å². The van der Waals surface area contributed by atoms with Crippen LogP contribution in [0.3, 0.4) is 0 Å². The van der Waals surface area contributed by atoms with Gasteiger partial charge in [0, 0.05) is 5.56 Å². The smallest absolute Gasteiger partial charge is 0.146 e. The van der Waals surface area contributed by atoms with Gasteiger partial charge in [-0.05, 0) is 31.2 Å². The molecule has 17 heavy (non-hydrogen) atoms. The molecule has 4 heteroatoms. The molecule has 0 amide bonds. The maximum Gasteiger partial charge on any atom is 0.146 e. The summed E-state index contributed by atoms with van der Waals surface area (Å²) in [5, 5.41) is 10.1. The molecule has 0 aromatic heterocycles. The first-order chi connectivity index (χ1) is 7.95. The van der Waals surface area contributed by atoms with E-state index in [4.69, 9.17) is 17.3 Å². The zero-order valence-corrected chi connectivity index (χ0v) is 10.5. The Morgan fingerprint density at radius 3 is 2.88 bits per heavy atom. The number of rotatable bonds is 1. The summed E-state index contributed by atoms with van der Waals surface area (Å²) in [6.45, 7) is 2.07. The molecule has 0 aliphatic heterocycles. The molecule has 1 aliphatic rings. The second kappa shape index (κ2) is 4.56. The standard InChI is InChI=1S/C13H17ClFNO/c1-8-5-6-11(17)13(16,7-8)9-3-2-4-10(14)12(9)15/h2-4,8,11,17H,5-7,16H2,1H3. The zero-order chi connectivity index (χ0) is 12.6. The van der Waals surface area contributed by atoms with Crippen molar-refractivity contribution in [2.45, 2.75) is 37.8 Å². The molecule has 1 saturated carbocycles. The lowest BCUT2D eigenvalue weighted by molar-refractivity contribution is 0.0252. The molecule has 0 spiro atoms. The maximum absolute atomic E-state index is 14.0. The summed E-state index contributed by atoms with van der Waals surface area (Å²) >= 11 is 5.77. The first kappa shape index (κ1) is 12.8. The molecule has 3 N–H and O–H groups in total. The molecule has 1 aliphatic carbocycles. The van der Waals surface area contributed by atoms with Crippen LogP contribution in [0.5, 0.6) is 0 Å². The zero-order valence-electron chi connectivity index (χ0n) is 9.79. The Morgan fingerprint density at radius 2 is 2.18 bits per heavy atom. The average molecular weight is 258 g/mol. The van der Waals surface area contributed by atoms with Crippen LogP contribution in [0.1, 0.15) is 31.7 Å². The summed E-state index contributed by atoms with van der Waals surface area (Å²) < 4.78 is 14.0. The Bertz CT molecular complexity index is 426. The Balaban J connectivity index is 2.45. The summed E-state index contributed by atoms with van der Waals surface area (Å²) in [7, 11) is 0. The van der Waals surface area contributed by atoms with Crippen molar-refractivity contribution < 1.29 is 9.50 Å². The molecule has 0 heterocycles. The fourth-order valence-electron chi connectivity index (χ4n) is 2.67. The molecule has 0 radical (unpaired) electrons. The Kier molecular flexibility index (Phi) is 3.43. The second-order valence-corrected chi connectivity index (χ2v) is 5.45. The van der Waals surface area contributed by atoms with Crippen molar-refractivity contribution in [3.63, 3.8) is 0 Å². The van der Waals surface area contributed by atoms with Gasteiger partial charge in [-0.1, -0.05) is 30.7 Å². The summed E-state index contributed by atoms with van der Waals surface area (Å²) in [6, 6.07) is 4.77. The van der Waals surface area contributed by atoms with Gasteiger partial charge in [0.2, 0.25) is 0 Å². The fourth-order valence-corrected chi connectivity index (χ4v) is 2.84. The third-order valence-corrected chi connectivity index (χ3v) is 3.96. The van der Waals surface area contributed by atoms with E-state index >= 15 is 0 Å². The van der Waals surface area contributed by atoms with Gasteiger partial charge in [-0.3, -0.25) is 0 Å². The van der Waals surface area contributed by atoms with Crippen molar-refractivity contribution in [2.75, 3.05) is 0 Å². The molecule has 2 nitrogen and oxygen atoms in total. The highest BCUT2D eigenvalue weighted by atomic mass is 35.5. The van der Waals surface area contributed by atoms with Gasteiger partial charge in [0.05, 0.1) is 16.7 Å². The van der Waals surface area contributed by atoms with Crippen LogP contribution < -0.4 is 5.73 Å². The van der Waals surface area contributed by atoms with Crippen molar-refractivity contribution in [2.24, 2.45) is 11.7 Å². The van der Waals surface area contributed by atoms with Crippen LogP contribution in [0.25, 0.3) is 0 Å². The van der Waals surface area contributed by atoms with E-state index in [1.54, 1.807) is 12.1 Å². The molecule has 1 fully saturated rings. The minimum absolute atomic E-state index is 0.0535. The predicted octanol–water partition coefficient (Wildman–Crippen LogP) is 2.81. The van der Waals surface area contributed by atoms with Crippen LogP contribution in [-0.4, -0.2) is 11.2 Å². The van der Waals surface area contributed by atoms with Gasteiger partial charge >= 0.3 is 0 Å². The number of aliphatic hydroxyl groups is 1. The quantitative estimate of drug-likeness (QED) is 0.813. The van der Waals surface area contributed by atoms with E-state index in [1.165, 1.54) is 6.07 Å². The van der Waals surface area contributed by atoms with Gasteiger partial charge in [0.1, 0.15) is 5.82 Å². The van der Waals surface area contributed by atoms with Crippen molar-refractivity contribution >= 4 is 11.6 Å². The van der Waals surface area contributed by atoms with E-state index in [1.807, 2.05) is 0 Å². The van der Waals surface area contributed by atoms with E-state index in [9.17, 15) is 9.50 Å².